The van der Waals surface area contributed by atoms with Gasteiger partial charge in [-0.25, -0.2) is 4.98 Å². The Morgan fingerprint density at radius 2 is 1.96 bits per heavy atom. The quantitative estimate of drug-likeness (QED) is 0.469. The van der Waals surface area contributed by atoms with Crippen molar-refractivity contribution in [3.05, 3.63) is 52.5 Å². The van der Waals surface area contributed by atoms with E-state index in [1.807, 2.05) is 63.5 Å². The van der Waals surface area contributed by atoms with Crippen LogP contribution in [0.4, 0.5) is 5.13 Å². The van der Waals surface area contributed by atoms with Crippen LogP contribution in [0.2, 0.25) is 0 Å². The third kappa shape index (κ3) is 5.44. The Kier molecular flexibility index (Phi) is 8.24. The predicted octanol–water partition coefficient (Wildman–Crippen LogP) is 5.09. The Hall–Kier alpha value is -1.67. The van der Waals surface area contributed by atoms with Crippen molar-refractivity contribution >= 4 is 60.9 Å². The van der Waals surface area contributed by atoms with Gasteiger partial charge in [0.1, 0.15) is 5.75 Å². The summed E-state index contributed by atoms with van der Waals surface area (Å²) in [7, 11) is 3.99. The third-order valence-electron chi connectivity index (χ3n) is 3.98. The van der Waals surface area contributed by atoms with E-state index < -0.39 is 0 Å². The molecular formula is C20H23BrClN3O2S. The zero-order valence-corrected chi connectivity index (χ0v) is 19.2. The summed E-state index contributed by atoms with van der Waals surface area (Å²) in [6.07, 6.45) is 0. The number of carbonyl (C=O) groups is 1. The molecule has 0 aliphatic carbocycles. The van der Waals surface area contributed by atoms with Crippen molar-refractivity contribution in [3.8, 4) is 5.75 Å². The number of thiazole rings is 1. The number of nitrogens with zero attached hydrogens (tertiary/aromatic N) is 3. The van der Waals surface area contributed by atoms with Crippen LogP contribution in [0.15, 0.2) is 46.9 Å². The van der Waals surface area contributed by atoms with Gasteiger partial charge in [-0.3, -0.25) is 9.69 Å². The first-order chi connectivity index (χ1) is 13.0. The molecule has 1 heterocycles. The average molecular weight is 485 g/mol. The lowest BCUT2D eigenvalue weighted by molar-refractivity contribution is 0.0985. The molecule has 0 bridgehead atoms. The van der Waals surface area contributed by atoms with Crippen LogP contribution >= 0.6 is 39.7 Å². The van der Waals surface area contributed by atoms with Gasteiger partial charge < -0.3 is 9.64 Å². The maximum atomic E-state index is 13.2. The average Bonchev–Trinajstić information content (AvgIpc) is 3.04. The number of fused-ring (bicyclic) bond motifs is 1. The molecule has 2 aromatic carbocycles. The first-order valence-corrected chi connectivity index (χ1v) is 10.3. The van der Waals surface area contributed by atoms with E-state index in [9.17, 15) is 4.79 Å². The lowest BCUT2D eigenvalue weighted by atomic mass is 10.2. The summed E-state index contributed by atoms with van der Waals surface area (Å²) in [5.41, 5.74) is 1.51. The van der Waals surface area contributed by atoms with Crippen molar-refractivity contribution in [2.75, 3.05) is 38.7 Å². The Morgan fingerprint density at radius 1 is 1.18 bits per heavy atom. The van der Waals surface area contributed by atoms with Gasteiger partial charge in [-0.15, -0.1) is 12.4 Å². The summed E-state index contributed by atoms with van der Waals surface area (Å²) >= 11 is 4.95. The number of aromatic nitrogens is 1. The van der Waals surface area contributed by atoms with Gasteiger partial charge in [0.05, 0.1) is 16.8 Å². The molecular weight excluding hydrogens is 462 g/mol. The minimum absolute atomic E-state index is 0. The van der Waals surface area contributed by atoms with Crippen LogP contribution in [-0.2, 0) is 0 Å². The molecule has 3 aromatic rings. The highest BCUT2D eigenvalue weighted by molar-refractivity contribution is 9.10. The molecule has 0 N–H and O–H groups in total. The molecule has 0 saturated carbocycles. The van der Waals surface area contributed by atoms with E-state index in [0.717, 1.165) is 27.0 Å². The van der Waals surface area contributed by atoms with Gasteiger partial charge >= 0.3 is 0 Å². The van der Waals surface area contributed by atoms with Crippen LogP contribution in [-0.4, -0.2) is 49.6 Å². The second-order valence-electron chi connectivity index (χ2n) is 6.33. The molecule has 3 rings (SSSR count). The molecule has 0 radical (unpaired) electrons. The highest BCUT2D eigenvalue weighted by atomic mass is 79.9. The number of rotatable bonds is 7. The smallest absolute Gasteiger partial charge is 0.260 e. The Labute approximate surface area is 183 Å². The summed E-state index contributed by atoms with van der Waals surface area (Å²) in [5.74, 6) is 0.764. The van der Waals surface area contributed by atoms with Gasteiger partial charge in [0.25, 0.3) is 5.91 Å². The van der Waals surface area contributed by atoms with Gasteiger partial charge in [-0.05, 0) is 57.4 Å². The summed E-state index contributed by atoms with van der Waals surface area (Å²) in [6, 6.07) is 13.3. The van der Waals surface area contributed by atoms with Crippen LogP contribution < -0.4 is 9.64 Å². The fraction of sp³-hybridized carbons (Fsp3) is 0.300. The van der Waals surface area contributed by atoms with Gasteiger partial charge in [-0.1, -0.05) is 33.3 Å². The standard InChI is InChI=1S/C20H22BrN3O2S.ClH/c1-4-26-16-8-9-17-18(13-16)27-20(22-17)24(11-10-23(2)3)19(25)14-6-5-7-15(21)12-14;/h5-9,12-13H,4,10-11H2,1-3H3;1H. The highest BCUT2D eigenvalue weighted by Gasteiger charge is 2.21. The molecule has 1 aromatic heterocycles. The van der Waals surface area contributed by atoms with E-state index in [1.165, 1.54) is 11.3 Å². The van der Waals surface area contributed by atoms with Gasteiger partial charge in [0.15, 0.2) is 5.13 Å². The number of hydrogen-bond donors (Lipinski definition) is 0. The number of ether oxygens (including phenoxy) is 1. The lowest BCUT2D eigenvalue weighted by Gasteiger charge is -2.22. The van der Waals surface area contributed by atoms with Crippen LogP contribution in [0, 0.1) is 0 Å². The fourth-order valence-electron chi connectivity index (χ4n) is 2.63. The maximum absolute atomic E-state index is 13.2. The largest absolute Gasteiger partial charge is 0.494 e. The van der Waals surface area contributed by atoms with Crippen molar-refractivity contribution in [1.82, 2.24) is 9.88 Å². The highest BCUT2D eigenvalue weighted by Crippen LogP contribution is 2.32. The summed E-state index contributed by atoms with van der Waals surface area (Å²) < 4.78 is 7.47. The molecule has 0 saturated heterocycles. The number of anilines is 1. The van der Waals surface area contributed by atoms with Crippen LogP contribution in [0.5, 0.6) is 5.75 Å². The molecule has 150 valence electrons. The Morgan fingerprint density at radius 3 is 2.64 bits per heavy atom. The Bertz CT molecular complexity index is 948. The molecule has 1 amide bonds. The topological polar surface area (TPSA) is 45.7 Å². The van der Waals surface area contributed by atoms with Crippen molar-refractivity contribution in [1.29, 1.82) is 0 Å². The number of likely N-dealkylation sites (N-methyl/N-ethyl adjacent to an activating group) is 1. The summed E-state index contributed by atoms with van der Waals surface area (Å²) in [4.78, 5) is 21.7. The van der Waals surface area contributed by atoms with E-state index in [0.29, 0.717) is 23.8 Å². The van der Waals surface area contributed by atoms with E-state index in [2.05, 4.69) is 20.8 Å². The number of hydrogen-bond acceptors (Lipinski definition) is 5. The van der Waals surface area contributed by atoms with Gasteiger partial charge in [0.2, 0.25) is 0 Å². The second-order valence-corrected chi connectivity index (χ2v) is 8.25. The van der Waals surface area contributed by atoms with Crippen molar-refractivity contribution < 1.29 is 9.53 Å². The van der Waals surface area contributed by atoms with E-state index in [1.54, 1.807) is 4.90 Å². The second kappa shape index (κ2) is 10.2. The molecule has 5 nitrogen and oxygen atoms in total. The number of carbonyl (C=O) groups excluding carboxylic acids is 1. The van der Waals surface area contributed by atoms with Crippen LogP contribution in [0.3, 0.4) is 0 Å². The molecule has 0 aliphatic rings. The van der Waals surface area contributed by atoms with Crippen LogP contribution in [0.25, 0.3) is 10.2 Å². The zero-order valence-electron chi connectivity index (χ0n) is 16.0. The summed E-state index contributed by atoms with van der Waals surface area (Å²) in [6.45, 7) is 3.89. The van der Waals surface area contributed by atoms with Gasteiger partial charge in [-0.2, -0.15) is 0 Å². The predicted molar refractivity (Wildman–Crippen MR) is 122 cm³/mol. The maximum Gasteiger partial charge on any atom is 0.260 e. The number of amides is 1. The van der Waals surface area contributed by atoms with Crippen molar-refractivity contribution in [2.45, 2.75) is 6.92 Å². The van der Waals surface area contributed by atoms with E-state index in [4.69, 9.17) is 9.72 Å². The molecule has 0 atom stereocenters. The molecule has 0 fully saturated rings. The molecule has 0 unspecified atom stereocenters. The Balaban J connectivity index is 0.00000280. The van der Waals surface area contributed by atoms with Crippen LogP contribution in [0.1, 0.15) is 17.3 Å². The zero-order chi connectivity index (χ0) is 19.4. The number of halogens is 2. The summed E-state index contributed by atoms with van der Waals surface area (Å²) in [5, 5.41) is 0.700. The molecule has 8 heteroatoms. The monoisotopic (exact) mass is 483 g/mol. The molecule has 0 spiro atoms. The molecule has 28 heavy (non-hydrogen) atoms. The SMILES string of the molecule is CCOc1ccc2nc(N(CCN(C)C)C(=O)c3cccc(Br)c3)sc2c1.Cl. The normalized spacial score (nSPS) is 10.8. The van der Waals surface area contributed by atoms with Crippen molar-refractivity contribution in [2.24, 2.45) is 0 Å². The van der Waals surface area contributed by atoms with Crippen molar-refractivity contribution in [3.63, 3.8) is 0 Å². The first kappa shape index (κ1) is 22.6. The van der Waals surface area contributed by atoms with E-state index in [-0.39, 0.29) is 18.3 Å². The molecule has 0 aliphatic heterocycles. The number of benzene rings is 2. The minimum Gasteiger partial charge on any atom is -0.494 e. The minimum atomic E-state index is -0.0535. The lowest BCUT2D eigenvalue weighted by Crippen LogP contribution is -2.36. The van der Waals surface area contributed by atoms with E-state index >= 15 is 0 Å². The third-order valence-corrected chi connectivity index (χ3v) is 5.51. The van der Waals surface area contributed by atoms with Gasteiger partial charge in [0, 0.05) is 23.1 Å². The fourth-order valence-corrected chi connectivity index (χ4v) is 4.04. The first-order valence-electron chi connectivity index (χ1n) is 8.73.